The summed E-state index contributed by atoms with van der Waals surface area (Å²) in [5, 5.41) is 0. The second kappa shape index (κ2) is 12.0. The van der Waals surface area contributed by atoms with Crippen LogP contribution in [-0.4, -0.2) is 25.8 Å². The van der Waals surface area contributed by atoms with Crippen molar-refractivity contribution < 1.29 is 4.74 Å². The third-order valence-corrected chi connectivity index (χ3v) is 2.46. The predicted octanol–water partition coefficient (Wildman–Crippen LogP) is 2.48. The first-order chi connectivity index (χ1) is 7.43. The van der Waals surface area contributed by atoms with Gasteiger partial charge in [-0.15, -0.1) is 0 Å². The van der Waals surface area contributed by atoms with Gasteiger partial charge in [0.15, 0.2) is 0 Å². The lowest BCUT2D eigenvalue weighted by Crippen LogP contribution is -2.39. The molecule has 1 rings (SSSR count). The molecule has 0 unspecified atom stereocenters. The summed E-state index contributed by atoms with van der Waals surface area (Å²) in [5.74, 6) is 0. The monoisotopic (exact) mass is 216 g/mol. The molecule has 2 N–H and O–H groups in total. The van der Waals surface area contributed by atoms with E-state index < -0.39 is 0 Å². The van der Waals surface area contributed by atoms with Gasteiger partial charge < -0.3 is 4.74 Å². The molecule has 0 saturated heterocycles. The Labute approximate surface area is 94.9 Å². The summed E-state index contributed by atoms with van der Waals surface area (Å²) in [6, 6.07) is 0.715. The fraction of sp³-hybridized carbons (Fsp3) is 1.00. The molecule has 0 heterocycles. The fourth-order valence-corrected chi connectivity index (χ4v) is 1.69. The van der Waals surface area contributed by atoms with E-state index in [2.05, 4.69) is 10.9 Å². The van der Waals surface area contributed by atoms with E-state index in [9.17, 15) is 0 Å². The van der Waals surface area contributed by atoms with Crippen LogP contribution >= 0.6 is 0 Å². The molecule has 0 spiro atoms. The van der Waals surface area contributed by atoms with Crippen molar-refractivity contribution in [1.29, 1.82) is 0 Å². The quantitative estimate of drug-likeness (QED) is 0.507. The van der Waals surface area contributed by atoms with E-state index in [1.165, 1.54) is 25.7 Å². The van der Waals surface area contributed by atoms with Crippen LogP contribution in [0.25, 0.3) is 0 Å². The van der Waals surface area contributed by atoms with Crippen molar-refractivity contribution >= 4 is 0 Å². The minimum atomic E-state index is 0.715. The normalized spacial score (nSPS) is 16.2. The van der Waals surface area contributed by atoms with Crippen LogP contribution in [0.4, 0.5) is 0 Å². The van der Waals surface area contributed by atoms with E-state index in [1.54, 1.807) is 0 Å². The second-order valence-corrected chi connectivity index (χ2v) is 3.60. The lowest BCUT2D eigenvalue weighted by molar-refractivity contribution is 0.143. The summed E-state index contributed by atoms with van der Waals surface area (Å²) in [5.41, 5.74) is 6.61. The third-order valence-electron chi connectivity index (χ3n) is 2.46. The lowest BCUT2D eigenvalue weighted by Gasteiger charge is -2.12. The molecule has 92 valence electrons. The number of hydrogen-bond donors (Lipinski definition) is 2. The molecule has 1 aliphatic carbocycles. The van der Waals surface area contributed by atoms with E-state index >= 15 is 0 Å². The van der Waals surface area contributed by atoms with Gasteiger partial charge in [-0.05, 0) is 26.2 Å². The Morgan fingerprint density at radius 2 is 1.87 bits per heavy atom. The molecule has 0 bridgehead atoms. The highest BCUT2D eigenvalue weighted by Gasteiger charge is 2.12. The molecule has 1 saturated carbocycles. The van der Waals surface area contributed by atoms with E-state index in [0.29, 0.717) is 6.04 Å². The van der Waals surface area contributed by atoms with E-state index in [1.807, 2.05) is 20.8 Å². The molecule has 0 radical (unpaired) electrons. The van der Waals surface area contributed by atoms with Crippen molar-refractivity contribution in [2.45, 2.75) is 58.9 Å². The molecule has 15 heavy (non-hydrogen) atoms. The Hall–Kier alpha value is -0.120. The highest BCUT2D eigenvalue weighted by atomic mass is 16.5. The molecular weight excluding hydrogens is 188 g/mol. The van der Waals surface area contributed by atoms with Gasteiger partial charge in [0.05, 0.1) is 0 Å². The SMILES string of the molecule is CC.CCOCCCNNC1CCCC1. The summed E-state index contributed by atoms with van der Waals surface area (Å²) in [6.45, 7) is 8.74. The largest absolute Gasteiger partial charge is 0.382 e. The van der Waals surface area contributed by atoms with Crippen LogP contribution in [0.1, 0.15) is 52.9 Å². The molecule has 0 aliphatic heterocycles. The molecule has 1 aliphatic rings. The molecule has 0 aromatic carbocycles. The first-order valence-electron chi connectivity index (χ1n) is 6.49. The fourth-order valence-electron chi connectivity index (χ4n) is 1.69. The minimum absolute atomic E-state index is 0.715. The Bertz CT molecular complexity index is 114. The molecular formula is C12H28N2O. The maximum Gasteiger partial charge on any atom is 0.0478 e. The maximum atomic E-state index is 5.24. The van der Waals surface area contributed by atoms with Gasteiger partial charge in [-0.25, -0.2) is 0 Å². The topological polar surface area (TPSA) is 33.3 Å². The zero-order valence-corrected chi connectivity index (χ0v) is 10.6. The summed E-state index contributed by atoms with van der Waals surface area (Å²) in [7, 11) is 0. The number of ether oxygens (including phenoxy) is 1. The van der Waals surface area contributed by atoms with E-state index in [4.69, 9.17) is 4.74 Å². The van der Waals surface area contributed by atoms with Gasteiger partial charge in [0.1, 0.15) is 0 Å². The summed E-state index contributed by atoms with van der Waals surface area (Å²) >= 11 is 0. The molecule has 0 atom stereocenters. The van der Waals surface area contributed by atoms with Gasteiger partial charge in [-0.3, -0.25) is 10.9 Å². The Balaban J connectivity index is 0.000000921. The van der Waals surface area contributed by atoms with Crippen molar-refractivity contribution in [1.82, 2.24) is 10.9 Å². The predicted molar refractivity (Wildman–Crippen MR) is 65.9 cm³/mol. The van der Waals surface area contributed by atoms with Crippen LogP contribution in [0.3, 0.4) is 0 Å². The minimum Gasteiger partial charge on any atom is -0.382 e. The van der Waals surface area contributed by atoms with Crippen LogP contribution in [0.2, 0.25) is 0 Å². The van der Waals surface area contributed by atoms with Crippen LogP contribution in [-0.2, 0) is 4.74 Å². The van der Waals surface area contributed by atoms with Crippen LogP contribution < -0.4 is 10.9 Å². The summed E-state index contributed by atoms with van der Waals surface area (Å²) < 4.78 is 5.24. The van der Waals surface area contributed by atoms with Crippen molar-refractivity contribution in [3.8, 4) is 0 Å². The Morgan fingerprint density at radius 1 is 1.20 bits per heavy atom. The van der Waals surface area contributed by atoms with Crippen LogP contribution in [0.15, 0.2) is 0 Å². The average Bonchev–Trinajstić information content (AvgIpc) is 2.79. The Morgan fingerprint density at radius 3 is 2.47 bits per heavy atom. The smallest absolute Gasteiger partial charge is 0.0478 e. The summed E-state index contributed by atoms with van der Waals surface area (Å²) in [4.78, 5) is 0. The average molecular weight is 216 g/mol. The van der Waals surface area contributed by atoms with Crippen molar-refractivity contribution in [2.24, 2.45) is 0 Å². The van der Waals surface area contributed by atoms with Gasteiger partial charge in [0.25, 0.3) is 0 Å². The van der Waals surface area contributed by atoms with Gasteiger partial charge in [0.2, 0.25) is 0 Å². The van der Waals surface area contributed by atoms with Gasteiger partial charge in [-0.1, -0.05) is 26.7 Å². The third kappa shape index (κ3) is 8.85. The van der Waals surface area contributed by atoms with Crippen molar-refractivity contribution in [3.05, 3.63) is 0 Å². The molecule has 1 fully saturated rings. The second-order valence-electron chi connectivity index (χ2n) is 3.60. The highest BCUT2D eigenvalue weighted by Crippen LogP contribution is 2.16. The highest BCUT2D eigenvalue weighted by molar-refractivity contribution is 4.71. The van der Waals surface area contributed by atoms with Gasteiger partial charge >= 0.3 is 0 Å². The van der Waals surface area contributed by atoms with Gasteiger partial charge in [0, 0.05) is 25.8 Å². The molecule has 3 heteroatoms. The molecule has 0 aromatic rings. The van der Waals surface area contributed by atoms with Crippen molar-refractivity contribution in [2.75, 3.05) is 19.8 Å². The number of rotatable bonds is 7. The van der Waals surface area contributed by atoms with E-state index in [-0.39, 0.29) is 0 Å². The molecule has 0 aromatic heterocycles. The van der Waals surface area contributed by atoms with Crippen LogP contribution in [0, 0.1) is 0 Å². The zero-order chi connectivity index (χ0) is 11.4. The van der Waals surface area contributed by atoms with E-state index in [0.717, 1.165) is 26.2 Å². The Kier molecular flexibility index (Phi) is 11.9. The lowest BCUT2D eigenvalue weighted by atomic mass is 10.3. The maximum absolute atomic E-state index is 5.24. The number of hydrazine groups is 1. The first kappa shape index (κ1) is 14.9. The van der Waals surface area contributed by atoms with Crippen LogP contribution in [0.5, 0.6) is 0 Å². The number of hydrogen-bond acceptors (Lipinski definition) is 3. The summed E-state index contributed by atoms with van der Waals surface area (Å²) in [6.07, 6.45) is 6.53. The number of nitrogens with one attached hydrogen (secondary N) is 2. The van der Waals surface area contributed by atoms with Gasteiger partial charge in [-0.2, -0.15) is 0 Å². The zero-order valence-electron chi connectivity index (χ0n) is 10.6. The van der Waals surface area contributed by atoms with Crippen molar-refractivity contribution in [3.63, 3.8) is 0 Å². The first-order valence-corrected chi connectivity index (χ1v) is 6.49. The molecule has 0 amide bonds. The standard InChI is InChI=1S/C10H22N2O.C2H6/c1-2-13-9-5-8-11-12-10-6-3-4-7-10;1-2/h10-12H,2-9H2,1H3;1-2H3. The molecule has 3 nitrogen and oxygen atoms in total.